The van der Waals surface area contributed by atoms with Crippen molar-refractivity contribution in [2.45, 2.75) is 63.5 Å². The molecule has 3 aromatic rings. The zero-order valence-electron chi connectivity index (χ0n) is 20.2. The molecule has 0 radical (unpaired) electrons. The van der Waals surface area contributed by atoms with Gasteiger partial charge in [-0.05, 0) is 70.1 Å². The third-order valence-electron chi connectivity index (χ3n) is 7.13. The monoisotopic (exact) mass is 481 g/mol. The topological polar surface area (TPSA) is 63.5 Å². The van der Waals surface area contributed by atoms with Crippen molar-refractivity contribution in [1.82, 2.24) is 19.4 Å². The molecule has 0 atom stereocenters. The third kappa shape index (κ3) is 4.00. The van der Waals surface area contributed by atoms with E-state index in [1.165, 1.54) is 18.5 Å². The van der Waals surface area contributed by atoms with Crippen LogP contribution < -0.4 is 4.90 Å². The smallest absolute Gasteiger partial charge is 0.410 e. The summed E-state index contributed by atoms with van der Waals surface area (Å²) in [6.07, 6.45) is 7.20. The molecule has 1 saturated heterocycles. The minimum atomic E-state index is -0.627. The van der Waals surface area contributed by atoms with Gasteiger partial charge in [-0.1, -0.05) is 0 Å². The van der Waals surface area contributed by atoms with E-state index in [4.69, 9.17) is 4.74 Å². The lowest BCUT2D eigenvalue weighted by atomic mass is 10.1. The van der Waals surface area contributed by atoms with Crippen molar-refractivity contribution in [3.8, 4) is 5.69 Å². The van der Waals surface area contributed by atoms with E-state index in [1.807, 2.05) is 31.9 Å². The molecule has 3 heterocycles. The van der Waals surface area contributed by atoms with E-state index in [1.54, 1.807) is 4.57 Å². The van der Waals surface area contributed by atoms with Gasteiger partial charge in [-0.25, -0.2) is 23.5 Å². The van der Waals surface area contributed by atoms with E-state index in [9.17, 15) is 13.6 Å². The Morgan fingerprint density at radius 2 is 1.80 bits per heavy atom. The van der Waals surface area contributed by atoms with Crippen LogP contribution in [0.15, 0.2) is 30.7 Å². The van der Waals surface area contributed by atoms with E-state index in [-0.39, 0.29) is 11.6 Å². The third-order valence-corrected chi connectivity index (χ3v) is 7.13. The van der Waals surface area contributed by atoms with Crippen LogP contribution in [0.1, 0.15) is 57.9 Å². The van der Waals surface area contributed by atoms with E-state index in [0.29, 0.717) is 36.9 Å². The summed E-state index contributed by atoms with van der Waals surface area (Å²) in [5.74, 6) is -0.0430. The van der Waals surface area contributed by atoms with Gasteiger partial charge >= 0.3 is 6.09 Å². The number of halogens is 2. The zero-order valence-corrected chi connectivity index (χ0v) is 20.2. The quantitative estimate of drug-likeness (QED) is 0.517. The van der Waals surface area contributed by atoms with Crippen LogP contribution in [-0.4, -0.2) is 56.3 Å². The van der Waals surface area contributed by atoms with E-state index >= 15 is 0 Å². The van der Waals surface area contributed by atoms with Crippen LogP contribution in [0.2, 0.25) is 0 Å². The Hall–Kier alpha value is -3.23. The molecular weight excluding hydrogens is 452 g/mol. The summed E-state index contributed by atoms with van der Waals surface area (Å²) in [4.78, 5) is 26.2. The number of fused-ring (bicyclic) bond motifs is 1. The number of aromatic nitrogens is 3. The Bertz CT molecular complexity index is 1300. The average Bonchev–Trinajstić information content (AvgIpc) is 3.71. The van der Waals surface area contributed by atoms with Crippen molar-refractivity contribution in [3.05, 3.63) is 47.9 Å². The fraction of sp³-hybridized carbons (Fsp3) is 0.500. The Balaban J connectivity index is 1.38. The number of hydrogen-bond acceptors (Lipinski definition) is 5. The first-order chi connectivity index (χ1) is 16.6. The van der Waals surface area contributed by atoms with Gasteiger partial charge in [-0.2, -0.15) is 0 Å². The van der Waals surface area contributed by atoms with Gasteiger partial charge in [0.25, 0.3) is 0 Å². The fourth-order valence-electron chi connectivity index (χ4n) is 5.22. The number of nitrogens with zero attached hydrogens (tertiary/aromatic N) is 5. The van der Waals surface area contributed by atoms with Crippen molar-refractivity contribution < 1.29 is 18.3 Å². The molecule has 6 rings (SSSR count). The maximum Gasteiger partial charge on any atom is 0.410 e. The highest BCUT2D eigenvalue weighted by atomic mass is 19.1. The SMILES string of the molecule is CC(C)(C)OC(=O)N1CCN(c2ncnc3c2c(C2CC2)cn3-c2cc(F)cc(F)c2)CC12CC2. The van der Waals surface area contributed by atoms with Gasteiger partial charge in [-0.3, -0.25) is 4.90 Å². The molecule has 1 amide bonds. The normalized spacial score (nSPS) is 19.5. The summed E-state index contributed by atoms with van der Waals surface area (Å²) in [7, 11) is 0. The first kappa shape index (κ1) is 22.2. The second-order valence-electron chi connectivity index (χ2n) is 11.0. The lowest BCUT2D eigenvalue weighted by Gasteiger charge is -2.43. The molecule has 2 aliphatic carbocycles. The molecule has 3 fully saturated rings. The highest BCUT2D eigenvalue weighted by Crippen LogP contribution is 2.49. The molecule has 2 saturated carbocycles. The Morgan fingerprint density at radius 1 is 1.09 bits per heavy atom. The number of benzene rings is 1. The largest absolute Gasteiger partial charge is 0.444 e. The molecule has 1 aromatic carbocycles. The molecule has 0 unspecified atom stereocenters. The van der Waals surface area contributed by atoms with Crippen LogP contribution in [-0.2, 0) is 4.74 Å². The molecule has 1 aliphatic heterocycles. The van der Waals surface area contributed by atoms with Crippen LogP contribution in [0.5, 0.6) is 0 Å². The maximum atomic E-state index is 14.0. The van der Waals surface area contributed by atoms with Crippen LogP contribution >= 0.6 is 0 Å². The first-order valence-electron chi connectivity index (χ1n) is 12.2. The first-order valence-corrected chi connectivity index (χ1v) is 12.2. The highest BCUT2D eigenvalue weighted by Gasteiger charge is 2.54. The second kappa shape index (κ2) is 7.63. The van der Waals surface area contributed by atoms with E-state index in [0.717, 1.165) is 48.5 Å². The molecule has 7 nitrogen and oxygen atoms in total. The van der Waals surface area contributed by atoms with Crippen molar-refractivity contribution in [2.24, 2.45) is 0 Å². The van der Waals surface area contributed by atoms with Crippen LogP contribution in [0, 0.1) is 11.6 Å². The number of rotatable bonds is 3. The van der Waals surface area contributed by atoms with E-state index in [2.05, 4.69) is 14.9 Å². The van der Waals surface area contributed by atoms with Crippen LogP contribution in [0.4, 0.5) is 19.4 Å². The van der Waals surface area contributed by atoms with E-state index < -0.39 is 17.2 Å². The molecule has 2 aromatic heterocycles. The van der Waals surface area contributed by atoms with Gasteiger partial charge in [-0.15, -0.1) is 0 Å². The lowest BCUT2D eigenvalue weighted by molar-refractivity contribution is 0.0106. The maximum absolute atomic E-state index is 14.0. The summed E-state index contributed by atoms with van der Waals surface area (Å²) >= 11 is 0. The number of amides is 1. The van der Waals surface area contributed by atoms with Crippen LogP contribution in [0.3, 0.4) is 0 Å². The zero-order chi connectivity index (χ0) is 24.5. The van der Waals surface area contributed by atoms with Gasteiger partial charge in [0.1, 0.15) is 35.0 Å². The molecule has 0 bridgehead atoms. The minimum absolute atomic E-state index is 0.244. The summed E-state index contributed by atoms with van der Waals surface area (Å²) in [5.41, 5.74) is 1.37. The Labute approximate surface area is 202 Å². The number of carbonyl (C=O) groups is 1. The summed E-state index contributed by atoms with van der Waals surface area (Å²) in [6.45, 7) is 7.49. The van der Waals surface area contributed by atoms with Gasteiger partial charge in [0.15, 0.2) is 0 Å². The molecule has 0 N–H and O–H groups in total. The Kier molecular flexibility index (Phi) is 4.85. The molecule has 35 heavy (non-hydrogen) atoms. The molecule has 9 heteroatoms. The molecule has 3 aliphatic rings. The predicted octanol–water partition coefficient (Wildman–Crippen LogP) is 5.17. The standard InChI is InChI=1S/C26H29F2N5O2/c1-25(2,3)35-24(34)33-9-8-31(14-26(33)6-7-26)22-21-20(16-4-5-16)13-32(23(21)30-15-29-22)19-11-17(27)10-18(28)12-19/h10-13,15-16H,4-9,14H2,1-3H3. The van der Waals surface area contributed by atoms with Crippen molar-refractivity contribution in [3.63, 3.8) is 0 Å². The molecular formula is C26H29F2N5O2. The van der Waals surface area contributed by atoms with Gasteiger partial charge in [0.05, 0.1) is 16.6 Å². The Morgan fingerprint density at radius 3 is 2.43 bits per heavy atom. The summed E-state index contributed by atoms with van der Waals surface area (Å²) < 4.78 is 35.5. The second-order valence-corrected chi connectivity index (χ2v) is 11.0. The number of ether oxygens (including phenoxy) is 1. The van der Waals surface area contributed by atoms with Crippen molar-refractivity contribution in [2.75, 3.05) is 24.5 Å². The molecule has 1 spiro atoms. The lowest BCUT2D eigenvalue weighted by Crippen LogP contribution is -2.58. The van der Waals surface area contributed by atoms with Crippen LogP contribution in [0.25, 0.3) is 16.7 Å². The summed E-state index contributed by atoms with van der Waals surface area (Å²) in [6, 6.07) is 3.51. The number of hydrogen-bond donors (Lipinski definition) is 0. The van der Waals surface area contributed by atoms with Crippen molar-refractivity contribution >= 4 is 22.9 Å². The fourth-order valence-corrected chi connectivity index (χ4v) is 5.22. The predicted molar refractivity (Wildman–Crippen MR) is 128 cm³/mol. The minimum Gasteiger partial charge on any atom is -0.444 e. The molecule has 184 valence electrons. The van der Waals surface area contributed by atoms with Gasteiger partial charge < -0.3 is 14.2 Å². The average molecular weight is 482 g/mol. The van der Waals surface area contributed by atoms with Crippen molar-refractivity contribution in [1.29, 1.82) is 0 Å². The van der Waals surface area contributed by atoms with Gasteiger partial charge in [0.2, 0.25) is 0 Å². The highest BCUT2D eigenvalue weighted by molar-refractivity contribution is 5.93. The van der Waals surface area contributed by atoms with Gasteiger partial charge in [0, 0.05) is 31.9 Å². The summed E-state index contributed by atoms with van der Waals surface area (Å²) in [5, 5.41) is 0.932. The number of carbonyl (C=O) groups excluding carboxylic acids is 1. The number of anilines is 1. The number of piperazine rings is 1.